The zero-order valence-corrected chi connectivity index (χ0v) is 12.4. The standard InChI is InChI=1S/C12H17BrN2OS/c1-2-14-6-3-7-15(9-8-14)12(16)10-4-5-11(13)17-10/h4-5H,2-3,6-9H2,1H3. The van der Waals surface area contributed by atoms with E-state index in [1.54, 1.807) is 0 Å². The number of carbonyl (C=O) groups is 1. The van der Waals surface area contributed by atoms with E-state index < -0.39 is 0 Å². The van der Waals surface area contributed by atoms with Crippen molar-refractivity contribution in [2.75, 3.05) is 32.7 Å². The average molecular weight is 317 g/mol. The zero-order valence-electron chi connectivity index (χ0n) is 9.99. The molecule has 1 aromatic rings. The lowest BCUT2D eigenvalue weighted by Gasteiger charge is -2.20. The van der Waals surface area contributed by atoms with Crippen molar-refractivity contribution in [3.05, 3.63) is 20.8 Å². The van der Waals surface area contributed by atoms with Gasteiger partial charge >= 0.3 is 0 Å². The highest BCUT2D eigenvalue weighted by atomic mass is 79.9. The number of carbonyl (C=O) groups excluding carboxylic acids is 1. The molecule has 2 rings (SSSR count). The Morgan fingerprint density at radius 1 is 1.35 bits per heavy atom. The highest BCUT2D eigenvalue weighted by Crippen LogP contribution is 2.23. The first-order valence-electron chi connectivity index (χ1n) is 5.97. The Balaban J connectivity index is 2.00. The van der Waals surface area contributed by atoms with E-state index in [1.165, 1.54) is 11.3 Å². The predicted molar refractivity (Wildman–Crippen MR) is 74.7 cm³/mol. The Labute approximate surface area is 115 Å². The van der Waals surface area contributed by atoms with E-state index in [0.29, 0.717) is 0 Å². The molecule has 0 radical (unpaired) electrons. The summed E-state index contributed by atoms with van der Waals surface area (Å²) in [5, 5.41) is 0. The monoisotopic (exact) mass is 316 g/mol. The minimum atomic E-state index is 0.179. The summed E-state index contributed by atoms with van der Waals surface area (Å²) >= 11 is 4.91. The molecule has 1 fully saturated rings. The van der Waals surface area contributed by atoms with Gasteiger partial charge in [0, 0.05) is 19.6 Å². The number of nitrogens with zero attached hydrogens (tertiary/aromatic N) is 2. The first-order chi connectivity index (χ1) is 8.20. The van der Waals surface area contributed by atoms with Gasteiger partial charge in [-0.1, -0.05) is 6.92 Å². The molecule has 1 amide bonds. The van der Waals surface area contributed by atoms with Gasteiger partial charge in [-0.2, -0.15) is 0 Å². The molecule has 0 N–H and O–H groups in total. The Morgan fingerprint density at radius 3 is 2.82 bits per heavy atom. The van der Waals surface area contributed by atoms with Gasteiger partial charge in [0.25, 0.3) is 5.91 Å². The van der Waals surface area contributed by atoms with Crippen LogP contribution in [-0.2, 0) is 0 Å². The summed E-state index contributed by atoms with van der Waals surface area (Å²) in [6.45, 7) is 7.08. The molecule has 94 valence electrons. The quantitative estimate of drug-likeness (QED) is 0.837. The van der Waals surface area contributed by atoms with Crippen LogP contribution in [0.3, 0.4) is 0 Å². The lowest BCUT2D eigenvalue weighted by molar-refractivity contribution is 0.0766. The van der Waals surface area contributed by atoms with Gasteiger partial charge in [-0.3, -0.25) is 4.79 Å². The lowest BCUT2D eigenvalue weighted by atomic mass is 10.3. The molecule has 1 aromatic heterocycles. The van der Waals surface area contributed by atoms with Crippen LogP contribution in [0.4, 0.5) is 0 Å². The second kappa shape index (κ2) is 5.98. The largest absolute Gasteiger partial charge is 0.337 e. The summed E-state index contributed by atoms with van der Waals surface area (Å²) in [5.41, 5.74) is 0. The van der Waals surface area contributed by atoms with Gasteiger partial charge in [0.05, 0.1) is 8.66 Å². The van der Waals surface area contributed by atoms with Crippen LogP contribution < -0.4 is 0 Å². The van der Waals surface area contributed by atoms with Gasteiger partial charge in [-0.05, 0) is 47.6 Å². The number of hydrogen-bond donors (Lipinski definition) is 0. The summed E-state index contributed by atoms with van der Waals surface area (Å²) < 4.78 is 1.02. The third kappa shape index (κ3) is 3.30. The molecule has 0 bridgehead atoms. The summed E-state index contributed by atoms with van der Waals surface area (Å²) in [6, 6.07) is 3.84. The fourth-order valence-corrected chi connectivity index (χ4v) is 3.43. The van der Waals surface area contributed by atoms with Crippen molar-refractivity contribution in [2.45, 2.75) is 13.3 Å². The molecule has 0 saturated carbocycles. The maximum atomic E-state index is 12.3. The second-order valence-electron chi connectivity index (χ2n) is 4.18. The van der Waals surface area contributed by atoms with Crippen molar-refractivity contribution in [2.24, 2.45) is 0 Å². The molecule has 0 aliphatic carbocycles. The van der Waals surface area contributed by atoms with Gasteiger partial charge in [-0.25, -0.2) is 0 Å². The van der Waals surface area contributed by atoms with E-state index in [1.807, 2.05) is 17.0 Å². The van der Waals surface area contributed by atoms with E-state index >= 15 is 0 Å². The summed E-state index contributed by atoms with van der Waals surface area (Å²) in [4.78, 5) is 17.5. The molecule has 5 heteroatoms. The molecule has 0 spiro atoms. The van der Waals surface area contributed by atoms with E-state index in [2.05, 4.69) is 27.8 Å². The minimum absolute atomic E-state index is 0.179. The van der Waals surface area contributed by atoms with E-state index in [9.17, 15) is 4.79 Å². The Hall–Kier alpha value is -0.390. The van der Waals surface area contributed by atoms with Gasteiger partial charge in [-0.15, -0.1) is 11.3 Å². The van der Waals surface area contributed by atoms with E-state index in [-0.39, 0.29) is 5.91 Å². The third-order valence-electron chi connectivity index (χ3n) is 3.11. The number of likely N-dealkylation sites (N-methyl/N-ethyl adjacent to an activating group) is 1. The molecule has 0 atom stereocenters. The molecule has 17 heavy (non-hydrogen) atoms. The number of rotatable bonds is 2. The third-order valence-corrected chi connectivity index (χ3v) is 4.72. The average Bonchev–Trinajstić information content (AvgIpc) is 2.64. The SMILES string of the molecule is CCN1CCCN(C(=O)c2ccc(Br)s2)CC1. The van der Waals surface area contributed by atoms with Gasteiger partial charge < -0.3 is 9.80 Å². The maximum Gasteiger partial charge on any atom is 0.264 e. The number of amides is 1. The van der Waals surface area contributed by atoms with Crippen molar-refractivity contribution in [1.29, 1.82) is 0 Å². The molecule has 2 heterocycles. The summed E-state index contributed by atoms with van der Waals surface area (Å²) in [6.07, 6.45) is 1.08. The van der Waals surface area contributed by atoms with Crippen molar-refractivity contribution in [3.8, 4) is 0 Å². The Morgan fingerprint density at radius 2 is 2.18 bits per heavy atom. The fourth-order valence-electron chi connectivity index (χ4n) is 2.08. The number of thiophene rings is 1. The van der Waals surface area contributed by atoms with Crippen LogP contribution in [0, 0.1) is 0 Å². The minimum Gasteiger partial charge on any atom is -0.337 e. The van der Waals surface area contributed by atoms with Gasteiger partial charge in [0.2, 0.25) is 0 Å². The molecule has 1 aliphatic rings. The molecular weight excluding hydrogens is 300 g/mol. The van der Waals surface area contributed by atoms with Crippen LogP contribution in [0.25, 0.3) is 0 Å². The van der Waals surface area contributed by atoms with Crippen molar-refractivity contribution < 1.29 is 4.79 Å². The lowest BCUT2D eigenvalue weighted by Crippen LogP contribution is -2.34. The van der Waals surface area contributed by atoms with Crippen LogP contribution in [0.1, 0.15) is 23.0 Å². The smallest absolute Gasteiger partial charge is 0.264 e. The highest BCUT2D eigenvalue weighted by Gasteiger charge is 2.20. The van der Waals surface area contributed by atoms with Crippen molar-refractivity contribution in [3.63, 3.8) is 0 Å². The van der Waals surface area contributed by atoms with Crippen LogP contribution in [0.5, 0.6) is 0 Å². The number of hydrogen-bond acceptors (Lipinski definition) is 3. The first-order valence-corrected chi connectivity index (χ1v) is 7.58. The van der Waals surface area contributed by atoms with Crippen LogP contribution >= 0.6 is 27.3 Å². The molecule has 1 saturated heterocycles. The topological polar surface area (TPSA) is 23.6 Å². The summed E-state index contributed by atoms with van der Waals surface area (Å²) in [5.74, 6) is 0.179. The summed E-state index contributed by atoms with van der Waals surface area (Å²) in [7, 11) is 0. The zero-order chi connectivity index (χ0) is 12.3. The Bertz CT molecular complexity index is 394. The van der Waals surface area contributed by atoms with E-state index in [0.717, 1.165) is 47.8 Å². The van der Waals surface area contributed by atoms with E-state index in [4.69, 9.17) is 0 Å². The number of halogens is 1. The molecule has 3 nitrogen and oxygen atoms in total. The predicted octanol–water partition coefficient (Wildman–Crippen LogP) is 2.68. The van der Waals surface area contributed by atoms with Crippen LogP contribution in [0.15, 0.2) is 15.9 Å². The second-order valence-corrected chi connectivity index (χ2v) is 6.65. The fraction of sp³-hybridized carbons (Fsp3) is 0.583. The molecule has 1 aliphatic heterocycles. The van der Waals surface area contributed by atoms with Crippen LogP contribution in [-0.4, -0.2) is 48.4 Å². The first kappa shape index (κ1) is 13.1. The Kier molecular flexibility index (Phi) is 4.59. The van der Waals surface area contributed by atoms with Gasteiger partial charge in [0.15, 0.2) is 0 Å². The maximum absolute atomic E-state index is 12.3. The highest BCUT2D eigenvalue weighted by molar-refractivity contribution is 9.11. The van der Waals surface area contributed by atoms with Crippen LogP contribution in [0.2, 0.25) is 0 Å². The normalized spacial score (nSPS) is 18.1. The molecule has 0 unspecified atom stereocenters. The van der Waals surface area contributed by atoms with Gasteiger partial charge in [0.1, 0.15) is 0 Å². The molecule has 0 aromatic carbocycles. The molecular formula is C12H17BrN2OS. The van der Waals surface area contributed by atoms with Crippen molar-refractivity contribution >= 4 is 33.2 Å². The van der Waals surface area contributed by atoms with Crippen molar-refractivity contribution in [1.82, 2.24) is 9.80 Å².